The van der Waals surface area contributed by atoms with Crippen LogP contribution in [-0.4, -0.2) is 41.2 Å². The zero-order chi connectivity index (χ0) is 14.5. The van der Waals surface area contributed by atoms with Crippen molar-refractivity contribution in [2.75, 3.05) is 30.9 Å². The van der Waals surface area contributed by atoms with Crippen molar-refractivity contribution in [2.24, 2.45) is 5.92 Å². The smallest absolute Gasteiger partial charge is 0.353 e. The van der Waals surface area contributed by atoms with Gasteiger partial charge in [-0.2, -0.15) is 0 Å². The van der Waals surface area contributed by atoms with Crippen LogP contribution in [0.1, 0.15) is 19.8 Å². The molecule has 1 aliphatic heterocycles. The SMILES string of the molecule is CNc1ncnc(NC(C)C2CCOCC2)c1[N+](=O)[O-]. The van der Waals surface area contributed by atoms with Gasteiger partial charge in [0.25, 0.3) is 0 Å². The summed E-state index contributed by atoms with van der Waals surface area (Å²) in [5, 5.41) is 17.1. The van der Waals surface area contributed by atoms with Crippen molar-refractivity contribution < 1.29 is 9.66 Å². The summed E-state index contributed by atoms with van der Waals surface area (Å²) in [6.45, 7) is 3.50. The van der Waals surface area contributed by atoms with E-state index in [0.717, 1.165) is 26.1 Å². The molecule has 0 aliphatic carbocycles. The lowest BCUT2D eigenvalue weighted by Crippen LogP contribution is -2.31. The lowest BCUT2D eigenvalue weighted by molar-refractivity contribution is -0.383. The van der Waals surface area contributed by atoms with Crippen molar-refractivity contribution in [3.8, 4) is 0 Å². The summed E-state index contributed by atoms with van der Waals surface area (Å²) in [7, 11) is 1.60. The fraction of sp³-hybridized carbons (Fsp3) is 0.667. The molecule has 20 heavy (non-hydrogen) atoms. The van der Waals surface area contributed by atoms with Crippen LogP contribution >= 0.6 is 0 Å². The molecule has 8 nitrogen and oxygen atoms in total. The van der Waals surface area contributed by atoms with Crippen LogP contribution in [0.3, 0.4) is 0 Å². The molecular weight excluding hydrogens is 262 g/mol. The Bertz CT molecular complexity index is 476. The fourth-order valence-electron chi connectivity index (χ4n) is 2.39. The number of hydrogen-bond donors (Lipinski definition) is 2. The van der Waals surface area contributed by atoms with Gasteiger partial charge in [0.1, 0.15) is 6.33 Å². The molecule has 0 radical (unpaired) electrons. The highest BCUT2D eigenvalue weighted by molar-refractivity contribution is 5.69. The Morgan fingerprint density at radius 3 is 2.65 bits per heavy atom. The van der Waals surface area contributed by atoms with Gasteiger partial charge < -0.3 is 15.4 Å². The number of nitro groups is 1. The minimum absolute atomic E-state index is 0.0946. The first-order chi connectivity index (χ1) is 9.63. The van der Waals surface area contributed by atoms with E-state index in [2.05, 4.69) is 20.6 Å². The van der Waals surface area contributed by atoms with Gasteiger partial charge in [0.2, 0.25) is 11.6 Å². The second-order valence-electron chi connectivity index (χ2n) is 4.81. The maximum Gasteiger partial charge on any atom is 0.353 e. The van der Waals surface area contributed by atoms with Gasteiger partial charge in [-0.15, -0.1) is 0 Å². The third-order valence-corrected chi connectivity index (χ3v) is 3.58. The van der Waals surface area contributed by atoms with E-state index in [1.807, 2.05) is 6.92 Å². The molecule has 1 unspecified atom stereocenters. The minimum Gasteiger partial charge on any atom is -0.381 e. The van der Waals surface area contributed by atoms with E-state index in [1.54, 1.807) is 7.05 Å². The van der Waals surface area contributed by atoms with Crippen molar-refractivity contribution in [2.45, 2.75) is 25.8 Å². The standard InChI is InChI=1S/C12H19N5O3/c1-8(9-3-5-20-6-4-9)16-12-10(17(18)19)11(13-2)14-7-15-12/h7-9H,3-6H2,1-2H3,(H2,13,14,15,16). The largest absolute Gasteiger partial charge is 0.381 e. The van der Waals surface area contributed by atoms with Gasteiger partial charge in [-0.05, 0) is 25.7 Å². The lowest BCUT2D eigenvalue weighted by Gasteiger charge is -2.28. The van der Waals surface area contributed by atoms with E-state index in [-0.39, 0.29) is 23.4 Å². The third-order valence-electron chi connectivity index (χ3n) is 3.58. The molecule has 0 saturated carbocycles. The summed E-state index contributed by atoms with van der Waals surface area (Å²) in [5.74, 6) is 0.899. The minimum atomic E-state index is -0.467. The van der Waals surface area contributed by atoms with Gasteiger partial charge in [-0.3, -0.25) is 10.1 Å². The third kappa shape index (κ3) is 3.13. The Morgan fingerprint density at radius 2 is 2.05 bits per heavy atom. The average Bonchev–Trinajstić information content (AvgIpc) is 2.47. The van der Waals surface area contributed by atoms with Crippen molar-refractivity contribution in [3.05, 3.63) is 16.4 Å². The first kappa shape index (κ1) is 14.4. The summed E-state index contributed by atoms with van der Waals surface area (Å²) >= 11 is 0. The molecule has 1 aromatic rings. The van der Waals surface area contributed by atoms with E-state index in [9.17, 15) is 10.1 Å². The van der Waals surface area contributed by atoms with Crippen molar-refractivity contribution in [1.82, 2.24) is 9.97 Å². The average molecular weight is 281 g/mol. The molecule has 0 aromatic carbocycles. The second kappa shape index (κ2) is 6.47. The molecule has 1 aromatic heterocycles. The van der Waals surface area contributed by atoms with Crippen LogP contribution < -0.4 is 10.6 Å². The van der Waals surface area contributed by atoms with E-state index in [4.69, 9.17) is 4.74 Å². The van der Waals surface area contributed by atoms with Crippen LogP contribution in [0.2, 0.25) is 0 Å². The maximum absolute atomic E-state index is 11.2. The lowest BCUT2D eigenvalue weighted by atomic mass is 9.93. The Hall–Kier alpha value is -1.96. The van der Waals surface area contributed by atoms with E-state index >= 15 is 0 Å². The Morgan fingerprint density at radius 1 is 1.40 bits per heavy atom. The van der Waals surface area contributed by atoms with Gasteiger partial charge in [0.15, 0.2) is 0 Å². The maximum atomic E-state index is 11.2. The van der Waals surface area contributed by atoms with Crippen molar-refractivity contribution in [3.63, 3.8) is 0 Å². The number of nitrogens with one attached hydrogen (secondary N) is 2. The van der Waals surface area contributed by atoms with Crippen LogP contribution in [0.5, 0.6) is 0 Å². The molecule has 2 rings (SSSR count). The molecular formula is C12H19N5O3. The summed E-state index contributed by atoms with van der Waals surface area (Å²) in [5.41, 5.74) is -0.117. The predicted molar refractivity (Wildman–Crippen MR) is 74.9 cm³/mol. The molecule has 0 amide bonds. The summed E-state index contributed by atoms with van der Waals surface area (Å²) in [6, 6.07) is 0.0946. The highest BCUT2D eigenvalue weighted by atomic mass is 16.6. The molecule has 1 saturated heterocycles. The molecule has 1 fully saturated rings. The monoisotopic (exact) mass is 281 g/mol. The number of ether oxygens (including phenoxy) is 1. The number of rotatable bonds is 5. The molecule has 8 heteroatoms. The first-order valence-corrected chi connectivity index (χ1v) is 6.65. The number of anilines is 2. The first-order valence-electron chi connectivity index (χ1n) is 6.65. The molecule has 1 aliphatic rings. The predicted octanol–water partition coefficient (Wildman–Crippen LogP) is 1.65. The Labute approximate surface area is 117 Å². The van der Waals surface area contributed by atoms with Gasteiger partial charge >= 0.3 is 5.69 Å². The highest BCUT2D eigenvalue weighted by Gasteiger charge is 2.26. The second-order valence-corrected chi connectivity index (χ2v) is 4.81. The van der Waals surface area contributed by atoms with Crippen molar-refractivity contribution in [1.29, 1.82) is 0 Å². The summed E-state index contributed by atoms with van der Waals surface area (Å²) in [6.07, 6.45) is 3.22. The Balaban J connectivity index is 2.17. The topological polar surface area (TPSA) is 102 Å². The molecule has 110 valence electrons. The molecule has 0 bridgehead atoms. The van der Waals surface area contributed by atoms with Crippen LogP contribution in [0, 0.1) is 16.0 Å². The molecule has 0 spiro atoms. The van der Waals surface area contributed by atoms with Gasteiger partial charge in [0, 0.05) is 26.3 Å². The number of aromatic nitrogens is 2. The molecule has 2 heterocycles. The molecule has 1 atom stereocenters. The highest BCUT2D eigenvalue weighted by Crippen LogP contribution is 2.30. The normalized spacial score (nSPS) is 17.5. The summed E-state index contributed by atoms with van der Waals surface area (Å²) < 4.78 is 5.33. The van der Waals surface area contributed by atoms with Crippen LogP contribution in [0.25, 0.3) is 0 Å². The van der Waals surface area contributed by atoms with Gasteiger partial charge in [-0.25, -0.2) is 9.97 Å². The van der Waals surface area contributed by atoms with Crippen molar-refractivity contribution >= 4 is 17.3 Å². The van der Waals surface area contributed by atoms with E-state index < -0.39 is 4.92 Å². The quantitative estimate of drug-likeness (QED) is 0.625. The number of hydrogen-bond acceptors (Lipinski definition) is 7. The zero-order valence-electron chi connectivity index (χ0n) is 11.6. The van der Waals surface area contributed by atoms with Crippen LogP contribution in [0.15, 0.2) is 6.33 Å². The van der Waals surface area contributed by atoms with Crippen LogP contribution in [-0.2, 0) is 4.74 Å². The van der Waals surface area contributed by atoms with E-state index in [1.165, 1.54) is 6.33 Å². The Kier molecular flexibility index (Phi) is 4.67. The van der Waals surface area contributed by atoms with Crippen LogP contribution in [0.4, 0.5) is 17.3 Å². The zero-order valence-corrected chi connectivity index (χ0v) is 11.6. The fourth-order valence-corrected chi connectivity index (χ4v) is 2.39. The molecule has 2 N–H and O–H groups in total. The van der Waals surface area contributed by atoms with Gasteiger partial charge in [0.05, 0.1) is 4.92 Å². The number of nitrogens with zero attached hydrogens (tertiary/aromatic N) is 3. The van der Waals surface area contributed by atoms with E-state index in [0.29, 0.717) is 5.92 Å². The summed E-state index contributed by atoms with van der Waals surface area (Å²) in [4.78, 5) is 18.6. The van der Waals surface area contributed by atoms with Gasteiger partial charge in [-0.1, -0.05) is 0 Å².